The first-order chi connectivity index (χ1) is 6.24. The van der Waals surface area contributed by atoms with Crippen molar-refractivity contribution in [3.05, 3.63) is 18.1 Å². The van der Waals surface area contributed by atoms with Crippen LogP contribution in [0, 0.1) is 6.92 Å². The maximum atomic E-state index is 5.01. The second-order valence-corrected chi connectivity index (χ2v) is 3.06. The van der Waals surface area contributed by atoms with Crippen molar-refractivity contribution < 1.29 is 4.74 Å². The summed E-state index contributed by atoms with van der Waals surface area (Å²) < 4.78 is 5.01. The number of hydrogen-bond acceptors (Lipinski definition) is 4. The van der Waals surface area contributed by atoms with Crippen LogP contribution < -0.4 is 5.32 Å². The van der Waals surface area contributed by atoms with Crippen molar-refractivity contribution in [2.75, 3.05) is 19.0 Å². The zero-order chi connectivity index (χ0) is 9.68. The molecule has 1 aromatic rings. The number of hydrogen-bond donors (Lipinski definition) is 1. The zero-order valence-electron chi connectivity index (χ0n) is 8.24. The fourth-order valence-electron chi connectivity index (χ4n) is 1.08. The van der Waals surface area contributed by atoms with Crippen LogP contribution >= 0.6 is 0 Å². The summed E-state index contributed by atoms with van der Waals surface area (Å²) in [6, 6.07) is 0.263. The van der Waals surface area contributed by atoms with E-state index in [-0.39, 0.29) is 6.04 Å². The van der Waals surface area contributed by atoms with Gasteiger partial charge in [-0.25, -0.2) is 9.97 Å². The van der Waals surface area contributed by atoms with Crippen molar-refractivity contribution in [2.45, 2.75) is 19.9 Å². The molecular weight excluding hydrogens is 166 g/mol. The summed E-state index contributed by atoms with van der Waals surface area (Å²) in [5.74, 6) is 0.875. The summed E-state index contributed by atoms with van der Waals surface area (Å²) in [4.78, 5) is 8.04. The fraction of sp³-hybridized carbons (Fsp3) is 0.556. The van der Waals surface area contributed by atoms with Gasteiger partial charge in [-0.2, -0.15) is 0 Å². The average Bonchev–Trinajstić information content (AvgIpc) is 2.09. The number of anilines is 1. The normalized spacial score (nSPS) is 12.5. The van der Waals surface area contributed by atoms with Gasteiger partial charge in [0, 0.05) is 24.9 Å². The van der Waals surface area contributed by atoms with Crippen LogP contribution in [0.4, 0.5) is 5.82 Å². The van der Waals surface area contributed by atoms with Gasteiger partial charge in [0.1, 0.15) is 12.1 Å². The molecule has 1 heterocycles. The van der Waals surface area contributed by atoms with E-state index in [2.05, 4.69) is 15.3 Å². The van der Waals surface area contributed by atoms with Gasteiger partial charge in [-0.1, -0.05) is 0 Å². The number of aromatic nitrogens is 2. The molecule has 0 aliphatic heterocycles. The Morgan fingerprint density at radius 3 is 3.00 bits per heavy atom. The van der Waals surface area contributed by atoms with E-state index in [0.717, 1.165) is 11.4 Å². The molecule has 0 saturated carbocycles. The Bertz CT molecular complexity index is 265. The molecule has 0 aromatic carbocycles. The first kappa shape index (κ1) is 9.92. The van der Waals surface area contributed by atoms with Crippen LogP contribution in [0.3, 0.4) is 0 Å². The Hall–Kier alpha value is -1.16. The van der Waals surface area contributed by atoms with Gasteiger partial charge in [-0.05, 0) is 13.8 Å². The van der Waals surface area contributed by atoms with Gasteiger partial charge in [0.2, 0.25) is 0 Å². The SMILES string of the molecule is COC[C@@H](C)Nc1ncncc1C. The van der Waals surface area contributed by atoms with Crippen LogP contribution in [-0.2, 0) is 4.74 Å². The molecule has 4 nitrogen and oxygen atoms in total. The molecular formula is C9H15N3O. The number of methoxy groups -OCH3 is 1. The van der Waals surface area contributed by atoms with Crippen LogP contribution in [0.5, 0.6) is 0 Å². The predicted molar refractivity (Wildman–Crippen MR) is 51.7 cm³/mol. The quantitative estimate of drug-likeness (QED) is 0.759. The first-order valence-corrected chi connectivity index (χ1v) is 4.26. The van der Waals surface area contributed by atoms with E-state index in [1.165, 1.54) is 6.33 Å². The van der Waals surface area contributed by atoms with Crippen molar-refractivity contribution in [3.8, 4) is 0 Å². The van der Waals surface area contributed by atoms with Crippen molar-refractivity contribution in [2.24, 2.45) is 0 Å². The molecule has 1 rings (SSSR count). The molecule has 0 aliphatic rings. The first-order valence-electron chi connectivity index (χ1n) is 4.26. The highest BCUT2D eigenvalue weighted by molar-refractivity contribution is 5.41. The molecule has 13 heavy (non-hydrogen) atoms. The highest BCUT2D eigenvalue weighted by Crippen LogP contribution is 2.08. The lowest BCUT2D eigenvalue weighted by Crippen LogP contribution is -2.22. The molecule has 1 N–H and O–H groups in total. The third-order valence-electron chi connectivity index (χ3n) is 1.69. The Kier molecular flexibility index (Phi) is 3.64. The molecule has 4 heteroatoms. The second-order valence-electron chi connectivity index (χ2n) is 3.06. The summed E-state index contributed by atoms with van der Waals surface area (Å²) in [5, 5.41) is 3.23. The number of nitrogens with zero attached hydrogens (tertiary/aromatic N) is 2. The summed E-state index contributed by atoms with van der Waals surface area (Å²) in [6.45, 7) is 4.69. The molecule has 0 unspecified atom stereocenters. The van der Waals surface area contributed by atoms with Gasteiger partial charge >= 0.3 is 0 Å². The van der Waals surface area contributed by atoms with E-state index in [0.29, 0.717) is 6.61 Å². The van der Waals surface area contributed by atoms with Gasteiger partial charge in [-0.15, -0.1) is 0 Å². The summed E-state index contributed by atoms with van der Waals surface area (Å²) in [6.07, 6.45) is 3.32. The van der Waals surface area contributed by atoms with Gasteiger partial charge < -0.3 is 10.1 Å². The molecule has 0 radical (unpaired) electrons. The molecule has 0 spiro atoms. The van der Waals surface area contributed by atoms with Crippen LogP contribution in [-0.4, -0.2) is 29.7 Å². The van der Waals surface area contributed by atoms with E-state index in [1.807, 2.05) is 13.8 Å². The largest absolute Gasteiger partial charge is 0.383 e. The third kappa shape index (κ3) is 2.99. The predicted octanol–water partition coefficient (Wildman–Crippen LogP) is 1.23. The lowest BCUT2D eigenvalue weighted by atomic mass is 10.3. The maximum Gasteiger partial charge on any atom is 0.132 e. The molecule has 1 atom stereocenters. The van der Waals surface area contributed by atoms with Crippen molar-refractivity contribution in [3.63, 3.8) is 0 Å². The summed E-state index contributed by atoms with van der Waals surface area (Å²) in [5.41, 5.74) is 1.05. The Labute approximate surface area is 78.4 Å². The maximum absolute atomic E-state index is 5.01. The summed E-state index contributed by atoms with van der Waals surface area (Å²) in [7, 11) is 1.69. The Balaban J connectivity index is 2.58. The second kappa shape index (κ2) is 4.77. The molecule has 0 saturated heterocycles. The van der Waals surface area contributed by atoms with Crippen LogP contribution in [0.15, 0.2) is 12.5 Å². The lowest BCUT2D eigenvalue weighted by Gasteiger charge is -2.14. The molecule has 0 aliphatic carbocycles. The number of rotatable bonds is 4. The standard InChI is InChI=1S/C9H15N3O/c1-7-4-10-6-11-9(7)12-8(2)5-13-3/h4,6,8H,5H2,1-3H3,(H,10,11,12)/t8-/m1/s1. The van der Waals surface area contributed by atoms with Crippen molar-refractivity contribution in [1.82, 2.24) is 9.97 Å². The van der Waals surface area contributed by atoms with E-state index < -0.39 is 0 Å². The third-order valence-corrected chi connectivity index (χ3v) is 1.69. The molecule has 72 valence electrons. The van der Waals surface area contributed by atoms with Crippen molar-refractivity contribution in [1.29, 1.82) is 0 Å². The van der Waals surface area contributed by atoms with Gasteiger partial charge in [0.05, 0.1) is 6.61 Å². The molecule has 0 bridgehead atoms. The Morgan fingerprint density at radius 2 is 2.38 bits per heavy atom. The zero-order valence-corrected chi connectivity index (χ0v) is 8.24. The fourth-order valence-corrected chi connectivity index (χ4v) is 1.08. The van der Waals surface area contributed by atoms with E-state index in [1.54, 1.807) is 13.3 Å². The van der Waals surface area contributed by atoms with Gasteiger partial charge in [0.15, 0.2) is 0 Å². The number of aryl methyl sites for hydroxylation is 1. The van der Waals surface area contributed by atoms with E-state index in [9.17, 15) is 0 Å². The molecule has 0 amide bonds. The van der Waals surface area contributed by atoms with Crippen molar-refractivity contribution >= 4 is 5.82 Å². The number of nitrogens with one attached hydrogen (secondary N) is 1. The smallest absolute Gasteiger partial charge is 0.132 e. The minimum absolute atomic E-state index is 0.263. The van der Waals surface area contributed by atoms with E-state index >= 15 is 0 Å². The van der Waals surface area contributed by atoms with Gasteiger partial charge in [0.25, 0.3) is 0 Å². The Morgan fingerprint density at radius 1 is 1.62 bits per heavy atom. The number of ether oxygens (including phenoxy) is 1. The van der Waals surface area contributed by atoms with Crippen LogP contribution in [0.2, 0.25) is 0 Å². The van der Waals surface area contributed by atoms with Gasteiger partial charge in [-0.3, -0.25) is 0 Å². The highest BCUT2D eigenvalue weighted by Gasteiger charge is 2.03. The van der Waals surface area contributed by atoms with Crippen LogP contribution in [0.1, 0.15) is 12.5 Å². The van der Waals surface area contributed by atoms with E-state index in [4.69, 9.17) is 4.74 Å². The highest BCUT2D eigenvalue weighted by atomic mass is 16.5. The average molecular weight is 181 g/mol. The summed E-state index contributed by atoms with van der Waals surface area (Å²) >= 11 is 0. The minimum atomic E-state index is 0.263. The minimum Gasteiger partial charge on any atom is -0.383 e. The molecule has 0 fully saturated rings. The topological polar surface area (TPSA) is 47.0 Å². The molecule has 1 aromatic heterocycles. The lowest BCUT2D eigenvalue weighted by molar-refractivity contribution is 0.190. The monoisotopic (exact) mass is 181 g/mol. The van der Waals surface area contributed by atoms with Crippen LogP contribution in [0.25, 0.3) is 0 Å².